The Morgan fingerprint density at radius 3 is 2.75 bits per heavy atom. The maximum Gasteiger partial charge on any atom is 0.265 e. The lowest BCUT2D eigenvalue weighted by Crippen LogP contribution is -2.30. The fourth-order valence-electron chi connectivity index (χ4n) is 2.24. The molecule has 1 N–H and O–H groups in total. The summed E-state index contributed by atoms with van der Waals surface area (Å²) in [6.45, 7) is 9.75. The van der Waals surface area contributed by atoms with Gasteiger partial charge in [-0.05, 0) is 44.5 Å². The number of benzene rings is 2. The van der Waals surface area contributed by atoms with Gasteiger partial charge in [0.15, 0.2) is 6.10 Å². The Morgan fingerprint density at radius 1 is 1.25 bits per heavy atom. The van der Waals surface area contributed by atoms with Gasteiger partial charge in [0.1, 0.15) is 18.1 Å². The molecule has 0 saturated carbocycles. The number of carbonyl (C=O) groups excluding carboxylic acids is 1. The zero-order valence-electron chi connectivity index (χ0n) is 14.3. The third kappa shape index (κ3) is 4.88. The van der Waals surface area contributed by atoms with E-state index in [1.54, 1.807) is 19.1 Å². The van der Waals surface area contributed by atoms with E-state index in [4.69, 9.17) is 9.47 Å². The molecule has 0 aliphatic rings. The average molecular weight is 325 g/mol. The van der Waals surface area contributed by atoms with Crippen LogP contribution in [-0.4, -0.2) is 18.6 Å². The van der Waals surface area contributed by atoms with Crippen LogP contribution in [0.4, 0.5) is 5.69 Å². The van der Waals surface area contributed by atoms with Gasteiger partial charge in [0.25, 0.3) is 5.91 Å². The first-order valence-electron chi connectivity index (χ1n) is 7.88. The summed E-state index contributed by atoms with van der Waals surface area (Å²) in [4.78, 5) is 12.3. The second kappa shape index (κ2) is 8.20. The van der Waals surface area contributed by atoms with E-state index in [2.05, 4.69) is 11.9 Å². The molecule has 2 aromatic rings. The molecule has 1 atom stereocenters. The first-order chi connectivity index (χ1) is 11.5. The summed E-state index contributed by atoms with van der Waals surface area (Å²) in [5, 5.41) is 2.84. The summed E-state index contributed by atoms with van der Waals surface area (Å²) in [7, 11) is 0. The van der Waals surface area contributed by atoms with Gasteiger partial charge in [-0.1, -0.05) is 36.4 Å². The van der Waals surface area contributed by atoms with E-state index in [1.165, 1.54) is 0 Å². The highest BCUT2D eigenvalue weighted by Crippen LogP contribution is 2.21. The zero-order chi connectivity index (χ0) is 17.5. The Labute approximate surface area is 143 Å². The molecule has 0 aromatic heterocycles. The van der Waals surface area contributed by atoms with Gasteiger partial charge in [0.2, 0.25) is 0 Å². The van der Waals surface area contributed by atoms with Crippen molar-refractivity contribution in [3.8, 4) is 11.5 Å². The van der Waals surface area contributed by atoms with Crippen LogP contribution in [0.5, 0.6) is 11.5 Å². The number of rotatable bonds is 7. The summed E-state index contributed by atoms with van der Waals surface area (Å²) in [6.07, 6.45) is 1.06. The molecular formula is C20H23NO3. The molecule has 0 aliphatic carbocycles. The number of hydrogen-bond donors (Lipinski definition) is 1. The van der Waals surface area contributed by atoms with Crippen LogP contribution >= 0.6 is 0 Å². The normalized spacial score (nSPS) is 11.5. The minimum Gasteiger partial charge on any atom is -0.489 e. The molecule has 0 heterocycles. The lowest BCUT2D eigenvalue weighted by atomic mass is 10.1. The quantitative estimate of drug-likeness (QED) is 0.773. The van der Waals surface area contributed by atoms with Crippen LogP contribution in [0.15, 0.2) is 55.1 Å². The van der Waals surface area contributed by atoms with Crippen LogP contribution in [0.25, 0.3) is 0 Å². The van der Waals surface area contributed by atoms with Crippen molar-refractivity contribution in [2.75, 3.05) is 11.9 Å². The standard InChI is InChI=1S/C20H23NO3/c1-5-11-23-18-8-6-7-17(13-18)21-20(22)16(4)24-19-10-9-14(2)12-15(19)3/h5-10,12-13,16H,1,11H2,2-4H3,(H,21,22)/t16-/m1/s1. The smallest absolute Gasteiger partial charge is 0.265 e. The largest absolute Gasteiger partial charge is 0.489 e. The molecule has 0 unspecified atom stereocenters. The lowest BCUT2D eigenvalue weighted by Gasteiger charge is -2.17. The number of amides is 1. The Bertz CT molecular complexity index is 725. The monoisotopic (exact) mass is 325 g/mol. The number of aryl methyl sites for hydroxylation is 2. The molecule has 0 saturated heterocycles. The van der Waals surface area contributed by atoms with Crippen LogP contribution in [0.1, 0.15) is 18.1 Å². The van der Waals surface area contributed by atoms with Gasteiger partial charge in [-0.25, -0.2) is 0 Å². The first-order valence-corrected chi connectivity index (χ1v) is 7.88. The molecule has 0 bridgehead atoms. The van der Waals surface area contributed by atoms with Gasteiger partial charge in [-0.15, -0.1) is 0 Å². The van der Waals surface area contributed by atoms with Crippen molar-refractivity contribution in [2.24, 2.45) is 0 Å². The van der Waals surface area contributed by atoms with Crippen molar-refractivity contribution < 1.29 is 14.3 Å². The molecule has 4 nitrogen and oxygen atoms in total. The minimum absolute atomic E-state index is 0.212. The van der Waals surface area contributed by atoms with Crippen LogP contribution in [-0.2, 0) is 4.79 Å². The van der Waals surface area contributed by atoms with Gasteiger partial charge >= 0.3 is 0 Å². The number of nitrogens with one attached hydrogen (secondary N) is 1. The van der Waals surface area contributed by atoms with Gasteiger partial charge in [0, 0.05) is 11.8 Å². The topological polar surface area (TPSA) is 47.6 Å². The van der Waals surface area contributed by atoms with Crippen molar-refractivity contribution >= 4 is 11.6 Å². The summed E-state index contributed by atoms with van der Waals surface area (Å²) >= 11 is 0. The maximum absolute atomic E-state index is 12.3. The fraction of sp³-hybridized carbons (Fsp3) is 0.250. The number of anilines is 1. The molecule has 126 valence electrons. The van der Waals surface area contributed by atoms with Gasteiger partial charge in [0.05, 0.1) is 0 Å². The molecular weight excluding hydrogens is 302 g/mol. The predicted octanol–water partition coefficient (Wildman–Crippen LogP) is 4.27. The fourth-order valence-corrected chi connectivity index (χ4v) is 2.24. The molecule has 4 heteroatoms. The van der Waals surface area contributed by atoms with Gasteiger partial charge in [-0.3, -0.25) is 4.79 Å². The van der Waals surface area contributed by atoms with E-state index >= 15 is 0 Å². The van der Waals surface area contributed by atoms with E-state index < -0.39 is 6.10 Å². The molecule has 2 aromatic carbocycles. The Morgan fingerprint density at radius 2 is 2.04 bits per heavy atom. The van der Waals surface area contributed by atoms with Gasteiger partial charge < -0.3 is 14.8 Å². The van der Waals surface area contributed by atoms with Gasteiger partial charge in [-0.2, -0.15) is 0 Å². The third-order valence-electron chi connectivity index (χ3n) is 3.47. The Balaban J connectivity index is 1.99. The second-order valence-electron chi connectivity index (χ2n) is 5.65. The van der Waals surface area contributed by atoms with E-state index in [0.29, 0.717) is 23.8 Å². The van der Waals surface area contributed by atoms with Crippen molar-refractivity contribution in [1.82, 2.24) is 0 Å². The highest BCUT2D eigenvalue weighted by atomic mass is 16.5. The van der Waals surface area contributed by atoms with E-state index in [9.17, 15) is 4.79 Å². The molecule has 0 aliphatic heterocycles. The van der Waals surface area contributed by atoms with E-state index in [0.717, 1.165) is 11.1 Å². The van der Waals surface area contributed by atoms with Crippen molar-refractivity contribution in [2.45, 2.75) is 26.9 Å². The Hall–Kier alpha value is -2.75. The van der Waals surface area contributed by atoms with Crippen molar-refractivity contribution in [1.29, 1.82) is 0 Å². The maximum atomic E-state index is 12.3. The highest BCUT2D eigenvalue weighted by Gasteiger charge is 2.16. The van der Waals surface area contributed by atoms with E-state index in [1.807, 2.05) is 50.2 Å². The third-order valence-corrected chi connectivity index (χ3v) is 3.47. The lowest BCUT2D eigenvalue weighted by molar-refractivity contribution is -0.122. The van der Waals surface area contributed by atoms with Crippen LogP contribution in [0.3, 0.4) is 0 Å². The molecule has 0 radical (unpaired) electrons. The summed E-state index contributed by atoms with van der Waals surface area (Å²) in [5.74, 6) is 1.18. The first kappa shape index (κ1) is 17.6. The number of hydrogen-bond acceptors (Lipinski definition) is 3. The zero-order valence-corrected chi connectivity index (χ0v) is 14.3. The second-order valence-corrected chi connectivity index (χ2v) is 5.65. The molecule has 24 heavy (non-hydrogen) atoms. The molecule has 1 amide bonds. The van der Waals surface area contributed by atoms with Crippen LogP contribution in [0, 0.1) is 13.8 Å². The SMILES string of the molecule is C=CCOc1cccc(NC(=O)[C@@H](C)Oc2ccc(C)cc2C)c1. The minimum atomic E-state index is -0.607. The number of ether oxygens (including phenoxy) is 2. The Kier molecular flexibility index (Phi) is 6.01. The highest BCUT2D eigenvalue weighted by molar-refractivity contribution is 5.94. The van der Waals surface area contributed by atoms with E-state index in [-0.39, 0.29) is 5.91 Å². The van der Waals surface area contributed by atoms with Crippen LogP contribution < -0.4 is 14.8 Å². The van der Waals surface area contributed by atoms with Crippen molar-refractivity contribution in [3.05, 3.63) is 66.2 Å². The molecule has 2 rings (SSSR count). The van der Waals surface area contributed by atoms with Crippen molar-refractivity contribution in [3.63, 3.8) is 0 Å². The predicted molar refractivity (Wildman–Crippen MR) is 96.8 cm³/mol. The average Bonchev–Trinajstić information content (AvgIpc) is 2.55. The molecule has 0 spiro atoms. The molecule has 0 fully saturated rings. The number of carbonyl (C=O) groups is 1. The van der Waals surface area contributed by atoms with Crippen LogP contribution in [0.2, 0.25) is 0 Å². The summed E-state index contributed by atoms with van der Waals surface area (Å²) in [6, 6.07) is 13.1. The summed E-state index contributed by atoms with van der Waals surface area (Å²) < 4.78 is 11.2. The summed E-state index contributed by atoms with van der Waals surface area (Å²) in [5.41, 5.74) is 2.83.